The molecule has 14 heavy (non-hydrogen) atoms. The zero-order valence-electron chi connectivity index (χ0n) is 9.21. The topological polar surface area (TPSA) is 66.4 Å². The molecule has 0 aliphatic heterocycles. The zero-order chi connectivity index (χ0) is 11.2. The van der Waals surface area contributed by atoms with Gasteiger partial charge < -0.3 is 5.11 Å². The van der Waals surface area contributed by atoms with Crippen LogP contribution < -0.4 is 4.72 Å². The van der Waals surface area contributed by atoms with Crippen molar-refractivity contribution in [3.8, 4) is 0 Å². The van der Waals surface area contributed by atoms with Crippen LogP contribution >= 0.6 is 0 Å². The molecule has 0 aliphatic rings. The van der Waals surface area contributed by atoms with Gasteiger partial charge in [-0.2, -0.15) is 0 Å². The maximum atomic E-state index is 11.5. The van der Waals surface area contributed by atoms with Crippen molar-refractivity contribution in [2.75, 3.05) is 12.4 Å². The lowest BCUT2D eigenvalue weighted by Gasteiger charge is -2.26. The summed E-state index contributed by atoms with van der Waals surface area (Å²) in [5.41, 5.74) is -0.716. The van der Waals surface area contributed by atoms with Gasteiger partial charge in [0.25, 0.3) is 0 Å². The van der Waals surface area contributed by atoms with Crippen molar-refractivity contribution >= 4 is 10.0 Å². The van der Waals surface area contributed by atoms with Gasteiger partial charge in [-0.25, -0.2) is 13.1 Å². The Morgan fingerprint density at radius 3 is 2.29 bits per heavy atom. The summed E-state index contributed by atoms with van der Waals surface area (Å²) in [5.74, 6) is 0.138. The molecule has 1 atom stereocenters. The highest BCUT2D eigenvalue weighted by molar-refractivity contribution is 7.89. The normalized spacial score (nSPS) is 16.6. The number of aliphatic hydroxyl groups is 1. The molecule has 2 N–H and O–H groups in total. The third-order valence-electron chi connectivity index (χ3n) is 2.30. The molecule has 0 aromatic heterocycles. The first-order valence-corrected chi connectivity index (χ1v) is 6.67. The van der Waals surface area contributed by atoms with Gasteiger partial charge in [-0.1, -0.05) is 20.3 Å². The minimum atomic E-state index is -3.24. The molecule has 0 amide bonds. The summed E-state index contributed by atoms with van der Waals surface area (Å²) in [7, 11) is -3.24. The van der Waals surface area contributed by atoms with E-state index in [0.29, 0.717) is 12.8 Å². The molecule has 0 aromatic carbocycles. The van der Waals surface area contributed by atoms with Crippen LogP contribution in [0.15, 0.2) is 0 Å². The van der Waals surface area contributed by atoms with E-state index in [1.54, 1.807) is 6.92 Å². The number of hydrogen-bond donors (Lipinski definition) is 2. The van der Waals surface area contributed by atoms with Crippen LogP contribution in [0.1, 0.15) is 40.0 Å². The van der Waals surface area contributed by atoms with Gasteiger partial charge in [-0.15, -0.1) is 0 Å². The van der Waals surface area contributed by atoms with Crippen molar-refractivity contribution in [2.45, 2.75) is 45.6 Å². The predicted molar refractivity (Wildman–Crippen MR) is 57.6 cm³/mol. The molecule has 0 spiro atoms. The molecule has 86 valence electrons. The second kappa shape index (κ2) is 5.68. The highest BCUT2D eigenvalue weighted by atomic mass is 32.2. The van der Waals surface area contributed by atoms with E-state index in [0.717, 1.165) is 6.42 Å². The van der Waals surface area contributed by atoms with Crippen molar-refractivity contribution in [1.82, 2.24) is 4.72 Å². The molecule has 4 nitrogen and oxygen atoms in total. The Bertz CT molecular complexity index is 245. The van der Waals surface area contributed by atoms with E-state index in [1.807, 2.05) is 13.8 Å². The fourth-order valence-corrected chi connectivity index (χ4v) is 2.71. The maximum absolute atomic E-state index is 11.5. The lowest BCUT2D eigenvalue weighted by Crippen LogP contribution is -2.49. The highest BCUT2D eigenvalue weighted by Gasteiger charge is 2.26. The minimum Gasteiger partial charge on any atom is -0.394 e. The number of unbranched alkanes of at least 4 members (excludes halogenated alkanes) is 1. The van der Waals surface area contributed by atoms with Crippen LogP contribution in [0.4, 0.5) is 0 Å². The molecule has 0 aliphatic carbocycles. The standard InChI is InChI=1S/C9H21NO3S/c1-4-6-7-14(12,13)10-9(3,5-2)8-11/h10-11H,4-8H2,1-3H3. The number of sulfonamides is 1. The third kappa shape index (κ3) is 4.93. The molecule has 0 radical (unpaired) electrons. The minimum absolute atomic E-state index is 0.138. The molecule has 0 rings (SSSR count). The van der Waals surface area contributed by atoms with Crippen LogP contribution in [0.5, 0.6) is 0 Å². The van der Waals surface area contributed by atoms with E-state index < -0.39 is 15.6 Å². The van der Waals surface area contributed by atoms with Gasteiger partial charge in [-0.3, -0.25) is 0 Å². The summed E-state index contributed by atoms with van der Waals surface area (Å²) in [6.07, 6.45) is 2.08. The number of nitrogens with one attached hydrogen (secondary N) is 1. The number of rotatable bonds is 7. The first-order chi connectivity index (χ1) is 6.39. The summed E-state index contributed by atoms with van der Waals surface area (Å²) in [6.45, 7) is 5.32. The first kappa shape index (κ1) is 13.9. The smallest absolute Gasteiger partial charge is 0.212 e. The Balaban J connectivity index is 4.33. The Hall–Kier alpha value is -0.130. The third-order valence-corrected chi connectivity index (χ3v) is 3.93. The Kier molecular flexibility index (Phi) is 5.63. The van der Waals surface area contributed by atoms with Gasteiger partial charge in [0, 0.05) is 0 Å². The van der Waals surface area contributed by atoms with Crippen molar-refractivity contribution in [1.29, 1.82) is 0 Å². The molecule has 0 saturated carbocycles. The van der Waals surface area contributed by atoms with Crippen molar-refractivity contribution in [3.05, 3.63) is 0 Å². The van der Waals surface area contributed by atoms with Gasteiger partial charge in [0.1, 0.15) is 0 Å². The number of aliphatic hydroxyl groups excluding tert-OH is 1. The van der Waals surface area contributed by atoms with Gasteiger partial charge in [0.15, 0.2) is 0 Å². The van der Waals surface area contributed by atoms with Crippen molar-refractivity contribution in [3.63, 3.8) is 0 Å². The number of hydrogen-bond acceptors (Lipinski definition) is 3. The van der Waals surface area contributed by atoms with Gasteiger partial charge in [0.05, 0.1) is 17.9 Å². The second-order valence-corrected chi connectivity index (χ2v) is 5.69. The van der Waals surface area contributed by atoms with E-state index in [1.165, 1.54) is 0 Å². The SMILES string of the molecule is CCCCS(=O)(=O)NC(C)(CC)CO. The summed E-state index contributed by atoms with van der Waals surface area (Å²) >= 11 is 0. The van der Waals surface area contributed by atoms with Crippen LogP contribution in [-0.2, 0) is 10.0 Å². The summed E-state index contributed by atoms with van der Waals surface area (Å²) < 4.78 is 25.5. The maximum Gasteiger partial charge on any atom is 0.212 e. The van der Waals surface area contributed by atoms with Gasteiger partial charge in [-0.05, 0) is 19.8 Å². The molecule has 0 saturated heterocycles. The predicted octanol–water partition coefficient (Wildman–Crippen LogP) is 0.867. The Morgan fingerprint density at radius 2 is 1.93 bits per heavy atom. The average molecular weight is 223 g/mol. The van der Waals surface area contributed by atoms with Crippen molar-refractivity contribution < 1.29 is 13.5 Å². The van der Waals surface area contributed by atoms with Crippen LogP contribution in [0.3, 0.4) is 0 Å². The zero-order valence-corrected chi connectivity index (χ0v) is 10.0. The van der Waals surface area contributed by atoms with E-state index in [4.69, 9.17) is 5.11 Å². The Morgan fingerprint density at radius 1 is 1.36 bits per heavy atom. The largest absolute Gasteiger partial charge is 0.394 e. The molecular weight excluding hydrogens is 202 g/mol. The molecule has 0 heterocycles. The van der Waals surface area contributed by atoms with Crippen LogP contribution in [0.25, 0.3) is 0 Å². The van der Waals surface area contributed by atoms with Crippen LogP contribution in [0.2, 0.25) is 0 Å². The molecule has 1 unspecified atom stereocenters. The van der Waals surface area contributed by atoms with Gasteiger partial charge in [0.2, 0.25) is 10.0 Å². The lowest BCUT2D eigenvalue weighted by atomic mass is 10.0. The first-order valence-electron chi connectivity index (χ1n) is 5.01. The highest BCUT2D eigenvalue weighted by Crippen LogP contribution is 2.10. The quantitative estimate of drug-likeness (QED) is 0.673. The summed E-state index contributed by atoms with van der Waals surface area (Å²) in [4.78, 5) is 0. The fourth-order valence-electron chi connectivity index (χ4n) is 0.977. The molecule has 0 fully saturated rings. The Labute approximate surface area is 86.8 Å². The van der Waals surface area contributed by atoms with Crippen LogP contribution in [0, 0.1) is 0 Å². The van der Waals surface area contributed by atoms with Crippen molar-refractivity contribution in [2.24, 2.45) is 0 Å². The lowest BCUT2D eigenvalue weighted by molar-refractivity contribution is 0.191. The van der Waals surface area contributed by atoms with Gasteiger partial charge >= 0.3 is 0 Å². The van der Waals surface area contributed by atoms with Crippen LogP contribution in [-0.4, -0.2) is 31.4 Å². The molecule has 0 bridgehead atoms. The fraction of sp³-hybridized carbons (Fsp3) is 1.00. The second-order valence-electron chi connectivity index (χ2n) is 3.85. The van der Waals surface area contributed by atoms with E-state index >= 15 is 0 Å². The molecular formula is C9H21NO3S. The monoisotopic (exact) mass is 223 g/mol. The molecule has 5 heteroatoms. The van der Waals surface area contributed by atoms with E-state index in [2.05, 4.69) is 4.72 Å². The van der Waals surface area contributed by atoms with E-state index in [9.17, 15) is 8.42 Å². The summed E-state index contributed by atoms with van der Waals surface area (Å²) in [6, 6.07) is 0. The average Bonchev–Trinajstić information content (AvgIpc) is 2.14. The molecule has 0 aromatic rings. The van der Waals surface area contributed by atoms with E-state index in [-0.39, 0.29) is 12.4 Å². The summed E-state index contributed by atoms with van der Waals surface area (Å²) in [5, 5.41) is 9.05.